The van der Waals surface area contributed by atoms with Crippen LogP contribution in [-0.2, 0) is 22.5 Å². The second kappa shape index (κ2) is 10.3. The topological polar surface area (TPSA) is 109 Å². The summed E-state index contributed by atoms with van der Waals surface area (Å²) in [5, 5.41) is 10.8. The molecular formula is C25H27ClFN3O6. The molecule has 2 aromatic rings. The molecule has 1 aromatic heterocycles. The van der Waals surface area contributed by atoms with Crippen LogP contribution in [0.2, 0.25) is 5.02 Å². The molecule has 9 nitrogen and oxygen atoms in total. The summed E-state index contributed by atoms with van der Waals surface area (Å²) in [6, 6.07) is 4.12. The molecule has 2 unspecified atom stereocenters. The number of hydrogen-bond acceptors (Lipinski definition) is 6. The minimum atomic E-state index is -0.815. The van der Waals surface area contributed by atoms with E-state index in [1.807, 2.05) is 6.92 Å². The van der Waals surface area contributed by atoms with Crippen molar-refractivity contribution in [2.75, 3.05) is 13.1 Å². The monoisotopic (exact) mass is 519 g/mol. The Morgan fingerprint density at radius 1 is 1.28 bits per heavy atom. The van der Waals surface area contributed by atoms with Gasteiger partial charge in [-0.05, 0) is 43.9 Å². The number of halogens is 2. The molecule has 3 heterocycles. The van der Waals surface area contributed by atoms with Crippen LogP contribution in [0, 0.1) is 5.82 Å². The van der Waals surface area contributed by atoms with Crippen LogP contribution in [0.5, 0.6) is 5.75 Å². The average Bonchev–Trinajstić information content (AvgIpc) is 3.11. The van der Waals surface area contributed by atoms with Gasteiger partial charge >= 0.3 is 0 Å². The summed E-state index contributed by atoms with van der Waals surface area (Å²) in [6.07, 6.45) is 0.967. The number of amides is 2. The summed E-state index contributed by atoms with van der Waals surface area (Å²) in [7, 11) is 0. The van der Waals surface area contributed by atoms with Crippen LogP contribution in [0.15, 0.2) is 23.0 Å². The molecule has 2 amide bonds. The fraction of sp³-hybridized carbons (Fsp3) is 0.440. The molecule has 192 valence electrons. The summed E-state index contributed by atoms with van der Waals surface area (Å²) in [5.41, 5.74) is -0.00729. The number of unbranched alkanes of at least 4 members (excludes halogenated alkanes) is 1. The number of carbonyl (C=O) groups is 3. The maximum atomic E-state index is 13.6. The molecule has 2 atom stereocenters. The summed E-state index contributed by atoms with van der Waals surface area (Å²) < 4.78 is 19.8. The molecule has 0 radical (unpaired) electrons. The van der Waals surface area contributed by atoms with Gasteiger partial charge in [-0.15, -0.1) is 0 Å². The number of nitrogens with zero attached hydrogens (tertiary/aromatic N) is 3. The van der Waals surface area contributed by atoms with Crippen LogP contribution < -0.4 is 5.56 Å². The van der Waals surface area contributed by atoms with Gasteiger partial charge < -0.3 is 19.6 Å². The van der Waals surface area contributed by atoms with E-state index in [-0.39, 0.29) is 42.3 Å². The van der Waals surface area contributed by atoms with E-state index in [0.717, 1.165) is 6.42 Å². The predicted octanol–water partition coefficient (Wildman–Crippen LogP) is 3.25. The second-order valence-electron chi connectivity index (χ2n) is 9.07. The van der Waals surface area contributed by atoms with Crippen molar-refractivity contribution in [2.45, 2.75) is 58.3 Å². The van der Waals surface area contributed by atoms with Crippen molar-refractivity contribution < 1.29 is 28.6 Å². The molecule has 0 saturated carbocycles. The summed E-state index contributed by atoms with van der Waals surface area (Å²) in [5.74, 6) is -2.32. The Kier molecular flexibility index (Phi) is 7.35. The first-order valence-electron chi connectivity index (χ1n) is 11.8. The second-order valence-corrected chi connectivity index (χ2v) is 9.48. The number of ether oxygens (including phenoxy) is 1. The van der Waals surface area contributed by atoms with Gasteiger partial charge in [-0.25, -0.2) is 4.39 Å². The molecule has 0 spiro atoms. The molecule has 2 aliphatic rings. The Balaban J connectivity index is 1.74. The van der Waals surface area contributed by atoms with E-state index < -0.39 is 41.2 Å². The number of rotatable bonds is 9. The van der Waals surface area contributed by atoms with Crippen molar-refractivity contribution in [1.82, 2.24) is 14.4 Å². The molecule has 11 heteroatoms. The minimum Gasteiger partial charge on any atom is -0.502 e. The zero-order chi connectivity index (χ0) is 26.1. The highest BCUT2D eigenvalue weighted by atomic mass is 35.5. The molecule has 0 saturated heterocycles. The van der Waals surface area contributed by atoms with Crippen molar-refractivity contribution >= 4 is 29.9 Å². The average molecular weight is 520 g/mol. The van der Waals surface area contributed by atoms with Gasteiger partial charge in [0.25, 0.3) is 23.8 Å². The van der Waals surface area contributed by atoms with Gasteiger partial charge in [-0.2, -0.15) is 0 Å². The fourth-order valence-corrected chi connectivity index (χ4v) is 5.14. The van der Waals surface area contributed by atoms with E-state index in [2.05, 4.69) is 0 Å². The summed E-state index contributed by atoms with van der Waals surface area (Å²) in [4.78, 5) is 53.9. The predicted molar refractivity (Wildman–Crippen MR) is 128 cm³/mol. The van der Waals surface area contributed by atoms with Crippen LogP contribution in [0.4, 0.5) is 4.39 Å². The maximum absolute atomic E-state index is 13.6. The first-order chi connectivity index (χ1) is 17.2. The van der Waals surface area contributed by atoms with E-state index >= 15 is 0 Å². The molecule has 1 N–H and O–H groups in total. The Bertz CT molecular complexity index is 1280. The largest absolute Gasteiger partial charge is 0.502 e. The molecular weight excluding hydrogens is 493 g/mol. The Hall–Kier alpha value is -3.40. The van der Waals surface area contributed by atoms with Crippen LogP contribution in [0.1, 0.15) is 71.2 Å². The SMILES string of the molecule is CCCCC1N(CC(C)OC=O)C(=O)c2c3c(c(O)c(=O)n21)C(=O)N(Cc1ccc(F)c(Cl)c1)CC3. The third kappa shape index (κ3) is 4.45. The highest BCUT2D eigenvalue weighted by molar-refractivity contribution is 6.30. The Labute approximate surface area is 212 Å². The van der Waals surface area contributed by atoms with Gasteiger partial charge in [0.1, 0.15) is 23.8 Å². The zero-order valence-corrected chi connectivity index (χ0v) is 20.8. The lowest BCUT2D eigenvalue weighted by atomic mass is 9.95. The van der Waals surface area contributed by atoms with Gasteiger partial charge in [-0.1, -0.05) is 31.0 Å². The van der Waals surface area contributed by atoms with E-state index in [1.54, 1.807) is 6.92 Å². The normalized spacial score (nSPS) is 17.7. The van der Waals surface area contributed by atoms with Gasteiger partial charge in [0.2, 0.25) is 0 Å². The lowest BCUT2D eigenvalue weighted by Gasteiger charge is -2.30. The van der Waals surface area contributed by atoms with E-state index in [4.69, 9.17) is 16.3 Å². The van der Waals surface area contributed by atoms with Gasteiger partial charge in [-0.3, -0.25) is 23.7 Å². The maximum Gasteiger partial charge on any atom is 0.295 e. The highest BCUT2D eigenvalue weighted by Crippen LogP contribution is 2.37. The van der Waals surface area contributed by atoms with Crippen LogP contribution in [-0.4, -0.2) is 57.0 Å². The number of aromatic nitrogens is 1. The molecule has 0 fully saturated rings. The Morgan fingerprint density at radius 2 is 2.03 bits per heavy atom. The summed E-state index contributed by atoms with van der Waals surface area (Å²) >= 11 is 5.86. The van der Waals surface area contributed by atoms with Gasteiger partial charge in [0, 0.05) is 18.7 Å². The van der Waals surface area contributed by atoms with Crippen molar-refractivity contribution in [2.24, 2.45) is 0 Å². The van der Waals surface area contributed by atoms with E-state index in [1.165, 1.54) is 32.6 Å². The number of fused-ring (bicyclic) bond motifs is 3. The molecule has 2 aliphatic heterocycles. The van der Waals surface area contributed by atoms with E-state index in [0.29, 0.717) is 30.4 Å². The molecule has 1 aromatic carbocycles. The first-order valence-corrected chi connectivity index (χ1v) is 12.2. The number of benzene rings is 1. The number of hydrogen-bond donors (Lipinski definition) is 1. The van der Waals surface area contributed by atoms with Crippen molar-refractivity contribution in [3.63, 3.8) is 0 Å². The smallest absolute Gasteiger partial charge is 0.295 e. The van der Waals surface area contributed by atoms with Gasteiger partial charge in [0.05, 0.1) is 17.1 Å². The zero-order valence-electron chi connectivity index (χ0n) is 20.0. The first kappa shape index (κ1) is 25.7. The quantitative estimate of drug-likeness (QED) is 0.509. The van der Waals surface area contributed by atoms with Crippen LogP contribution in [0.3, 0.4) is 0 Å². The third-order valence-electron chi connectivity index (χ3n) is 6.66. The van der Waals surface area contributed by atoms with Crippen LogP contribution in [0.25, 0.3) is 0 Å². The van der Waals surface area contributed by atoms with Crippen molar-refractivity contribution in [3.05, 3.63) is 61.8 Å². The lowest BCUT2D eigenvalue weighted by Crippen LogP contribution is -2.40. The third-order valence-corrected chi connectivity index (χ3v) is 6.95. The Morgan fingerprint density at radius 3 is 2.69 bits per heavy atom. The van der Waals surface area contributed by atoms with Crippen molar-refractivity contribution in [1.29, 1.82) is 0 Å². The molecule has 36 heavy (non-hydrogen) atoms. The van der Waals surface area contributed by atoms with Gasteiger partial charge in [0.15, 0.2) is 5.75 Å². The van der Waals surface area contributed by atoms with E-state index in [9.17, 15) is 28.7 Å². The number of aromatic hydroxyl groups is 1. The standard InChI is InChI=1S/C25H27ClFN3O6/c1-3-4-5-19-29(11-14(2)36-13-31)24(34)21-16-8-9-28(12-15-6-7-18(27)17(26)10-15)23(33)20(16)22(32)25(35)30(19)21/h6-7,10,13-14,19,32H,3-5,8-9,11-12H2,1-2H3. The number of carbonyl (C=O) groups excluding carboxylic acids is 3. The lowest BCUT2D eigenvalue weighted by molar-refractivity contribution is -0.133. The number of pyridine rings is 1. The minimum absolute atomic E-state index is 0.0635. The molecule has 0 aliphatic carbocycles. The summed E-state index contributed by atoms with van der Waals surface area (Å²) in [6.45, 7) is 4.31. The highest BCUT2D eigenvalue weighted by Gasteiger charge is 2.44. The fourth-order valence-electron chi connectivity index (χ4n) is 4.94. The molecule has 0 bridgehead atoms. The molecule has 4 rings (SSSR count). The van der Waals surface area contributed by atoms with Crippen LogP contribution >= 0.6 is 11.6 Å². The van der Waals surface area contributed by atoms with Crippen molar-refractivity contribution in [3.8, 4) is 5.75 Å².